The van der Waals surface area contributed by atoms with E-state index in [-0.39, 0.29) is 36.2 Å². The molecule has 1 aromatic carbocycles. The van der Waals surface area contributed by atoms with Crippen LogP contribution in [0.25, 0.3) is 0 Å². The van der Waals surface area contributed by atoms with E-state index in [2.05, 4.69) is 4.90 Å². The van der Waals surface area contributed by atoms with E-state index in [1.165, 1.54) is 12.1 Å². The van der Waals surface area contributed by atoms with E-state index in [1.54, 1.807) is 12.1 Å². The van der Waals surface area contributed by atoms with Crippen molar-refractivity contribution in [3.05, 3.63) is 35.6 Å². The van der Waals surface area contributed by atoms with Crippen molar-refractivity contribution in [2.75, 3.05) is 19.7 Å². The number of hydrogen-bond acceptors (Lipinski definition) is 4. The van der Waals surface area contributed by atoms with Gasteiger partial charge in [0, 0.05) is 25.2 Å². The third-order valence-electron chi connectivity index (χ3n) is 3.81. The third kappa shape index (κ3) is 4.01. The van der Waals surface area contributed by atoms with Crippen molar-refractivity contribution in [2.45, 2.75) is 44.6 Å². The number of ether oxygens (including phenoxy) is 1. The van der Waals surface area contributed by atoms with Crippen LogP contribution in [0, 0.1) is 5.82 Å². The summed E-state index contributed by atoms with van der Waals surface area (Å²) in [6.45, 7) is 7.27. The SMILES string of the molecule is CC(N)C(c1ccc(F)cc1)N1CC(CO)OC(C)(C)C1. The lowest BCUT2D eigenvalue weighted by Gasteiger charge is -2.46. The van der Waals surface area contributed by atoms with E-state index in [0.717, 1.165) is 5.56 Å². The summed E-state index contributed by atoms with van der Waals surface area (Å²) in [6, 6.07) is 6.34. The first-order valence-corrected chi connectivity index (χ1v) is 7.36. The highest BCUT2D eigenvalue weighted by Crippen LogP contribution is 2.30. The molecule has 0 aliphatic carbocycles. The quantitative estimate of drug-likeness (QED) is 0.887. The Bertz CT molecular complexity index is 462. The molecule has 0 amide bonds. The maximum Gasteiger partial charge on any atom is 0.123 e. The van der Waals surface area contributed by atoms with E-state index in [9.17, 15) is 9.50 Å². The molecule has 0 spiro atoms. The zero-order valence-corrected chi connectivity index (χ0v) is 12.9. The van der Waals surface area contributed by atoms with E-state index < -0.39 is 0 Å². The molecule has 5 heteroatoms. The molecular formula is C16H25FN2O2. The van der Waals surface area contributed by atoms with E-state index in [4.69, 9.17) is 10.5 Å². The minimum Gasteiger partial charge on any atom is -0.394 e. The first-order valence-electron chi connectivity index (χ1n) is 7.36. The summed E-state index contributed by atoms with van der Waals surface area (Å²) in [5.41, 5.74) is 6.81. The highest BCUT2D eigenvalue weighted by Gasteiger charge is 2.37. The zero-order chi connectivity index (χ0) is 15.6. The number of morpholine rings is 1. The van der Waals surface area contributed by atoms with Gasteiger partial charge in [0.05, 0.1) is 18.3 Å². The van der Waals surface area contributed by atoms with Crippen LogP contribution in [0.4, 0.5) is 4.39 Å². The summed E-state index contributed by atoms with van der Waals surface area (Å²) in [5.74, 6) is -0.252. The van der Waals surface area contributed by atoms with Crippen LogP contribution < -0.4 is 5.73 Å². The zero-order valence-electron chi connectivity index (χ0n) is 12.9. The molecule has 1 fully saturated rings. The van der Waals surface area contributed by atoms with Gasteiger partial charge in [0.2, 0.25) is 0 Å². The molecule has 0 bridgehead atoms. The molecule has 0 radical (unpaired) electrons. The van der Waals surface area contributed by atoms with Gasteiger partial charge in [0.1, 0.15) is 5.82 Å². The van der Waals surface area contributed by atoms with Crippen molar-refractivity contribution in [2.24, 2.45) is 5.73 Å². The van der Waals surface area contributed by atoms with Gasteiger partial charge in [-0.2, -0.15) is 0 Å². The van der Waals surface area contributed by atoms with Crippen molar-refractivity contribution in [3.8, 4) is 0 Å². The van der Waals surface area contributed by atoms with Crippen LogP contribution >= 0.6 is 0 Å². The highest BCUT2D eigenvalue weighted by atomic mass is 19.1. The fourth-order valence-electron chi connectivity index (χ4n) is 3.15. The number of benzene rings is 1. The summed E-state index contributed by atoms with van der Waals surface area (Å²) in [4.78, 5) is 2.22. The molecule has 3 N–H and O–H groups in total. The molecule has 1 aliphatic rings. The van der Waals surface area contributed by atoms with Gasteiger partial charge in [-0.05, 0) is 38.5 Å². The number of nitrogens with zero attached hydrogens (tertiary/aromatic N) is 1. The summed E-state index contributed by atoms with van der Waals surface area (Å²) >= 11 is 0. The second kappa shape index (κ2) is 6.40. The number of halogens is 1. The minimum absolute atomic E-state index is 0.0188. The molecule has 118 valence electrons. The molecule has 2 rings (SSSR count). The molecule has 0 saturated carbocycles. The molecular weight excluding hydrogens is 271 g/mol. The maximum atomic E-state index is 13.1. The summed E-state index contributed by atoms with van der Waals surface area (Å²) in [7, 11) is 0. The molecule has 21 heavy (non-hydrogen) atoms. The van der Waals surface area contributed by atoms with Crippen LogP contribution in [0.15, 0.2) is 24.3 Å². The Kier molecular flexibility index (Phi) is 4.99. The lowest BCUT2D eigenvalue weighted by Crippen LogP contribution is -2.56. The number of nitrogens with two attached hydrogens (primary N) is 1. The maximum absolute atomic E-state index is 13.1. The second-order valence-electron chi connectivity index (χ2n) is 6.47. The van der Waals surface area contributed by atoms with Crippen molar-refractivity contribution >= 4 is 0 Å². The predicted octanol–water partition coefficient (Wildman–Crippen LogP) is 1.69. The Labute approximate surface area is 125 Å². The Morgan fingerprint density at radius 2 is 2.05 bits per heavy atom. The van der Waals surface area contributed by atoms with Crippen molar-refractivity contribution in [3.63, 3.8) is 0 Å². The number of hydrogen-bond donors (Lipinski definition) is 2. The summed E-state index contributed by atoms with van der Waals surface area (Å²) < 4.78 is 19.0. The predicted molar refractivity (Wildman–Crippen MR) is 80.4 cm³/mol. The van der Waals surface area contributed by atoms with Gasteiger partial charge >= 0.3 is 0 Å². The standard InChI is InChI=1S/C16H25FN2O2/c1-11(18)15(12-4-6-13(17)7-5-12)19-8-14(9-20)21-16(2,3)10-19/h4-7,11,14-15,20H,8-10,18H2,1-3H3. The molecule has 1 saturated heterocycles. The highest BCUT2D eigenvalue weighted by molar-refractivity contribution is 5.22. The first kappa shape index (κ1) is 16.4. The number of rotatable bonds is 4. The second-order valence-corrected chi connectivity index (χ2v) is 6.47. The van der Waals surface area contributed by atoms with Gasteiger partial charge in [0.25, 0.3) is 0 Å². The Morgan fingerprint density at radius 1 is 1.43 bits per heavy atom. The normalized spacial score (nSPS) is 25.5. The van der Waals surface area contributed by atoms with E-state index in [1.807, 2.05) is 20.8 Å². The van der Waals surface area contributed by atoms with Crippen LogP contribution in [-0.4, -0.2) is 47.4 Å². The van der Waals surface area contributed by atoms with Gasteiger partial charge in [0.15, 0.2) is 0 Å². The average molecular weight is 296 g/mol. The lowest BCUT2D eigenvalue weighted by atomic mass is 9.95. The van der Waals surface area contributed by atoms with Gasteiger partial charge in [-0.1, -0.05) is 12.1 Å². The Morgan fingerprint density at radius 3 is 2.57 bits per heavy atom. The van der Waals surface area contributed by atoms with Crippen molar-refractivity contribution < 1.29 is 14.2 Å². The monoisotopic (exact) mass is 296 g/mol. The van der Waals surface area contributed by atoms with Crippen LogP contribution in [0.5, 0.6) is 0 Å². The van der Waals surface area contributed by atoms with Crippen LogP contribution in [0.2, 0.25) is 0 Å². The summed E-state index contributed by atoms with van der Waals surface area (Å²) in [6.07, 6.45) is -0.226. The molecule has 3 unspecified atom stereocenters. The fraction of sp³-hybridized carbons (Fsp3) is 0.625. The topological polar surface area (TPSA) is 58.7 Å². The Balaban J connectivity index is 2.27. The van der Waals surface area contributed by atoms with Gasteiger partial charge < -0.3 is 15.6 Å². The molecule has 1 heterocycles. The van der Waals surface area contributed by atoms with E-state index in [0.29, 0.717) is 13.1 Å². The number of aliphatic hydroxyl groups excluding tert-OH is 1. The largest absolute Gasteiger partial charge is 0.394 e. The molecule has 3 atom stereocenters. The minimum atomic E-state index is -0.348. The van der Waals surface area contributed by atoms with Gasteiger partial charge in [-0.3, -0.25) is 4.90 Å². The fourth-order valence-corrected chi connectivity index (χ4v) is 3.15. The van der Waals surface area contributed by atoms with Crippen LogP contribution in [0.1, 0.15) is 32.4 Å². The van der Waals surface area contributed by atoms with Crippen molar-refractivity contribution in [1.29, 1.82) is 0 Å². The Hall–Kier alpha value is -1.01. The summed E-state index contributed by atoms with van der Waals surface area (Å²) in [5, 5.41) is 9.44. The van der Waals surface area contributed by atoms with Crippen molar-refractivity contribution in [1.82, 2.24) is 4.90 Å². The van der Waals surface area contributed by atoms with Gasteiger partial charge in [-0.25, -0.2) is 4.39 Å². The smallest absolute Gasteiger partial charge is 0.123 e. The third-order valence-corrected chi connectivity index (χ3v) is 3.81. The molecule has 0 aromatic heterocycles. The first-order chi connectivity index (χ1) is 9.82. The van der Waals surface area contributed by atoms with Crippen LogP contribution in [-0.2, 0) is 4.74 Å². The van der Waals surface area contributed by atoms with Gasteiger partial charge in [-0.15, -0.1) is 0 Å². The molecule has 1 aliphatic heterocycles. The van der Waals surface area contributed by atoms with Crippen LogP contribution in [0.3, 0.4) is 0 Å². The average Bonchev–Trinajstić information content (AvgIpc) is 2.39. The molecule has 1 aromatic rings. The lowest BCUT2D eigenvalue weighted by molar-refractivity contribution is -0.158. The number of aliphatic hydroxyl groups is 1. The van der Waals surface area contributed by atoms with E-state index >= 15 is 0 Å². The molecule has 4 nitrogen and oxygen atoms in total.